The Balaban J connectivity index is 2.75. The van der Waals surface area contributed by atoms with Crippen LogP contribution in [0.15, 0.2) is 4.99 Å². The normalized spacial score (nSPS) is 13.5. The van der Waals surface area contributed by atoms with E-state index in [1.54, 1.807) is 14.2 Å². The second-order valence-electron chi connectivity index (χ2n) is 3.78. The Labute approximate surface area is 89.1 Å². The van der Waals surface area contributed by atoms with E-state index in [-0.39, 0.29) is 11.6 Å². The molecular formula is C11H12BFNO. The molecule has 4 heteroatoms. The summed E-state index contributed by atoms with van der Waals surface area (Å²) in [6.07, 6.45) is 0.473. The van der Waals surface area contributed by atoms with Crippen LogP contribution in [0, 0.1) is 12.7 Å². The third-order valence-corrected chi connectivity index (χ3v) is 2.77. The number of phenolic OH excluding ortho intramolecular Hbond substituents is 1. The molecule has 77 valence electrons. The van der Waals surface area contributed by atoms with Crippen molar-refractivity contribution in [3.63, 3.8) is 0 Å². The first-order valence-corrected chi connectivity index (χ1v) is 5.00. The van der Waals surface area contributed by atoms with Crippen LogP contribution in [-0.2, 0) is 6.42 Å². The molecule has 1 aromatic carbocycles. The summed E-state index contributed by atoms with van der Waals surface area (Å²) in [6.45, 7) is 5.43. The van der Waals surface area contributed by atoms with Gasteiger partial charge in [-0.25, -0.2) is 4.39 Å². The number of rotatable bonds is 1. The molecule has 1 heterocycles. The van der Waals surface area contributed by atoms with Gasteiger partial charge in [-0.1, -0.05) is 6.92 Å². The zero-order valence-corrected chi connectivity index (χ0v) is 9.06. The van der Waals surface area contributed by atoms with Crippen LogP contribution in [0.3, 0.4) is 0 Å². The topological polar surface area (TPSA) is 32.6 Å². The van der Waals surface area contributed by atoms with E-state index in [0.29, 0.717) is 28.7 Å². The maximum absolute atomic E-state index is 13.9. The van der Waals surface area contributed by atoms with Gasteiger partial charge in [-0.3, -0.25) is 4.99 Å². The molecule has 1 radical (unpaired) electrons. The molecule has 0 saturated carbocycles. The maximum Gasteiger partial charge on any atom is 0.214 e. The number of phenols is 1. The molecule has 0 bridgehead atoms. The zero-order valence-electron chi connectivity index (χ0n) is 9.06. The quantitative estimate of drug-likeness (QED) is 0.695. The average Bonchev–Trinajstić information content (AvgIpc) is 2.58. The van der Waals surface area contributed by atoms with Crippen molar-refractivity contribution >= 4 is 24.0 Å². The molecule has 1 N–H and O–H groups in total. The van der Waals surface area contributed by atoms with E-state index in [9.17, 15) is 9.50 Å². The van der Waals surface area contributed by atoms with Crippen molar-refractivity contribution in [2.24, 2.45) is 4.99 Å². The molecule has 0 atom stereocenters. The molecule has 0 amide bonds. The predicted octanol–water partition coefficient (Wildman–Crippen LogP) is 1.80. The Morgan fingerprint density at radius 1 is 1.40 bits per heavy atom. The number of aliphatic imine (C=N–C) groups is 1. The maximum atomic E-state index is 13.9. The molecule has 1 aliphatic rings. The molecule has 0 aliphatic carbocycles. The predicted molar refractivity (Wildman–Crippen MR) is 60.3 cm³/mol. The monoisotopic (exact) mass is 204 g/mol. The van der Waals surface area contributed by atoms with Crippen LogP contribution >= 0.6 is 0 Å². The van der Waals surface area contributed by atoms with E-state index in [4.69, 9.17) is 0 Å². The summed E-state index contributed by atoms with van der Waals surface area (Å²) in [7, 11) is 1.80. The highest BCUT2D eigenvalue weighted by Crippen LogP contribution is 2.32. The van der Waals surface area contributed by atoms with Crippen LogP contribution in [0.4, 0.5) is 10.1 Å². The minimum Gasteiger partial charge on any atom is -0.507 e. The Morgan fingerprint density at radius 2 is 2.07 bits per heavy atom. The molecule has 0 aromatic heterocycles. The largest absolute Gasteiger partial charge is 0.507 e. The van der Waals surface area contributed by atoms with Gasteiger partial charge in [0.1, 0.15) is 5.75 Å². The van der Waals surface area contributed by atoms with E-state index in [1.807, 2.05) is 13.8 Å². The van der Waals surface area contributed by atoms with Crippen molar-refractivity contribution in [2.75, 3.05) is 0 Å². The van der Waals surface area contributed by atoms with Gasteiger partial charge >= 0.3 is 0 Å². The van der Waals surface area contributed by atoms with E-state index in [2.05, 4.69) is 4.99 Å². The number of halogens is 1. The highest BCUT2D eigenvalue weighted by Gasteiger charge is 2.25. The molecule has 0 fully saturated rings. The third kappa shape index (κ3) is 1.36. The van der Waals surface area contributed by atoms with Gasteiger partial charge in [0.2, 0.25) is 7.28 Å². The number of benzene rings is 1. The van der Waals surface area contributed by atoms with Gasteiger partial charge in [0.05, 0.1) is 5.69 Å². The minimum atomic E-state index is -0.385. The van der Waals surface area contributed by atoms with Gasteiger partial charge < -0.3 is 5.11 Å². The van der Waals surface area contributed by atoms with Crippen molar-refractivity contribution in [1.29, 1.82) is 0 Å². The molecule has 1 aromatic rings. The second kappa shape index (κ2) is 3.37. The van der Waals surface area contributed by atoms with Crippen molar-refractivity contribution in [2.45, 2.75) is 27.2 Å². The molecule has 2 nitrogen and oxygen atoms in total. The van der Waals surface area contributed by atoms with Gasteiger partial charge in [-0.2, -0.15) is 0 Å². The lowest BCUT2D eigenvalue weighted by Crippen LogP contribution is -2.20. The fraction of sp³-hybridized carbons (Fsp3) is 0.364. The summed E-state index contributed by atoms with van der Waals surface area (Å²) in [6, 6.07) is 0. The Hall–Kier alpha value is -1.32. The van der Waals surface area contributed by atoms with Crippen LogP contribution in [0.5, 0.6) is 5.75 Å². The fourth-order valence-electron chi connectivity index (χ4n) is 1.92. The summed E-state index contributed by atoms with van der Waals surface area (Å²) in [5, 5.41) is 9.82. The van der Waals surface area contributed by atoms with Crippen LogP contribution in [0.25, 0.3) is 0 Å². The number of aromatic hydroxyl groups is 1. The first-order chi connectivity index (χ1) is 7.06. The van der Waals surface area contributed by atoms with Crippen LogP contribution in [0.2, 0.25) is 0 Å². The summed E-state index contributed by atoms with van der Waals surface area (Å²) in [4.78, 5) is 4.14. The second-order valence-corrected chi connectivity index (χ2v) is 3.78. The highest BCUT2D eigenvalue weighted by atomic mass is 19.1. The zero-order chi connectivity index (χ0) is 11.2. The smallest absolute Gasteiger partial charge is 0.214 e. The van der Waals surface area contributed by atoms with Gasteiger partial charge in [-0.05, 0) is 36.9 Å². The van der Waals surface area contributed by atoms with Crippen molar-refractivity contribution in [3.05, 3.63) is 16.9 Å². The first-order valence-electron chi connectivity index (χ1n) is 5.00. The molecule has 1 aliphatic heterocycles. The van der Waals surface area contributed by atoms with Crippen molar-refractivity contribution in [3.8, 4) is 5.75 Å². The lowest BCUT2D eigenvalue weighted by Gasteiger charge is -2.11. The van der Waals surface area contributed by atoms with Gasteiger partial charge in [-0.15, -0.1) is 0 Å². The molecule has 2 rings (SSSR count). The van der Waals surface area contributed by atoms with Gasteiger partial charge in [0, 0.05) is 5.56 Å². The third-order valence-electron chi connectivity index (χ3n) is 2.77. The molecule has 0 unspecified atom stereocenters. The van der Waals surface area contributed by atoms with Crippen molar-refractivity contribution in [1.82, 2.24) is 0 Å². The molecule has 0 saturated heterocycles. The standard InChI is InChI=1S/C11H12BFNO/c1-4-7-9(13)10-8(5(2)11(7)15)12-6(3)14-10/h15H,4H2,1-3H3. The summed E-state index contributed by atoms with van der Waals surface area (Å²) >= 11 is 0. The van der Waals surface area contributed by atoms with E-state index < -0.39 is 0 Å². The fourth-order valence-corrected chi connectivity index (χ4v) is 1.92. The number of fused-ring (bicyclic) bond motifs is 1. The first kappa shape index (κ1) is 10.2. The van der Waals surface area contributed by atoms with Crippen molar-refractivity contribution < 1.29 is 9.50 Å². The van der Waals surface area contributed by atoms with Crippen LogP contribution in [0.1, 0.15) is 25.0 Å². The number of nitrogens with zero attached hydrogens (tertiary/aromatic N) is 1. The van der Waals surface area contributed by atoms with E-state index in [0.717, 1.165) is 5.61 Å². The summed E-state index contributed by atoms with van der Waals surface area (Å²) in [5.74, 6) is -0.321. The Bertz CT molecular complexity index is 468. The van der Waals surface area contributed by atoms with Gasteiger partial charge in [0.15, 0.2) is 5.82 Å². The molecular weight excluding hydrogens is 192 g/mol. The molecule has 15 heavy (non-hydrogen) atoms. The van der Waals surface area contributed by atoms with Crippen LogP contribution in [-0.4, -0.2) is 18.0 Å². The van der Waals surface area contributed by atoms with Gasteiger partial charge in [0.25, 0.3) is 0 Å². The summed E-state index contributed by atoms with van der Waals surface area (Å²) < 4.78 is 13.9. The number of hydrogen-bond acceptors (Lipinski definition) is 2. The van der Waals surface area contributed by atoms with E-state index >= 15 is 0 Å². The minimum absolute atomic E-state index is 0.0647. The Kier molecular flexibility index (Phi) is 2.29. The lowest BCUT2D eigenvalue weighted by atomic mass is 9.65. The SMILES string of the molecule is CCc1c(O)c(C)c2c(c1F)N=C(C)[B]2. The average molecular weight is 204 g/mol. The molecule has 0 spiro atoms. The Morgan fingerprint density at radius 3 is 2.67 bits per heavy atom. The highest BCUT2D eigenvalue weighted by molar-refractivity contribution is 6.88. The lowest BCUT2D eigenvalue weighted by molar-refractivity contribution is 0.457. The number of hydrogen-bond donors (Lipinski definition) is 1. The van der Waals surface area contributed by atoms with Crippen LogP contribution < -0.4 is 5.46 Å². The summed E-state index contributed by atoms with van der Waals surface area (Å²) in [5.41, 5.74) is 2.93. The van der Waals surface area contributed by atoms with E-state index in [1.165, 1.54) is 0 Å².